The number of carbonyl (C=O) groups is 1. The van der Waals surface area contributed by atoms with Gasteiger partial charge in [-0.25, -0.2) is 9.86 Å². The van der Waals surface area contributed by atoms with Crippen molar-refractivity contribution in [3.05, 3.63) is 94.4 Å². The average Bonchev–Trinajstić information content (AvgIpc) is 3.32. The number of benzene rings is 2. The molecule has 1 aliphatic heterocycles. The Labute approximate surface area is 210 Å². The third-order valence-electron chi connectivity index (χ3n) is 6.03. The minimum absolute atomic E-state index is 0.0557. The zero-order valence-electron chi connectivity index (χ0n) is 19.4. The van der Waals surface area contributed by atoms with E-state index in [1.54, 1.807) is 0 Å². The Bertz CT molecular complexity index is 1160. The standard InChI is InChI=1S/C27H29ClN4O3/c28-23-11-9-22(10-12-23)26(21-6-2-1-3-7-21)31-18-16-30(17-19-31)20-25-14-13-24(35-25)8-4-5-15-32(34)27(29)33/h1-3,6-7,9-14,26,34H,5,15-20H2,(H2,29,33)/t26-/m1/s1. The Kier molecular flexibility index (Phi) is 8.45. The fourth-order valence-corrected chi connectivity index (χ4v) is 4.37. The molecule has 2 amide bonds. The summed E-state index contributed by atoms with van der Waals surface area (Å²) in [6, 6.07) is 21.8. The molecular formula is C27H29ClN4O3. The average molecular weight is 493 g/mol. The van der Waals surface area contributed by atoms with Crippen molar-refractivity contribution in [2.45, 2.75) is 19.0 Å². The Morgan fingerprint density at radius 2 is 1.71 bits per heavy atom. The molecule has 1 atom stereocenters. The molecule has 3 aromatic rings. The number of urea groups is 1. The van der Waals surface area contributed by atoms with Crippen molar-refractivity contribution < 1.29 is 14.4 Å². The summed E-state index contributed by atoms with van der Waals surface area (Å²) in [5.74, 6) is 7.22. The monoisotopic (exact) mass is 492 g/mol. The minimum Gasteiger partial charge on any atom is -0.451 e. The van der Waals surface area contributed by atoms with Crippen LogP contribution >= 0.6 is 11.6 Å². The second-order valence-corrected chi connectivity index (χ2v) is 8.89. The van der Waals surface area contributed by atoms with Gasteiger partial charge in [0.15, 0.2) is 5.76 Å². The van der Waals surface area contributed by atoms with Gasteiger partial charge < -0.3 is 10.2 Å². The normalized spacial score (nSPS) is 15.3. The van der Waals surface area contributed by atoms with Crippen LogP contribution in [0.5, 0.6) is 0 Å². The SMILES string of the molecule is NC(=O)N(O)CCC#Cc1ccc(CN2CCN([C@H](c3ccccc3)c3ccc(Cl)cc3)CC2)o1. The summed E-state index contributed by atoms with van der Waals surface area (Å²) >= 11 is 6.14. The fourth-order valence-electron chi connectivity index (χ4n) is 4.25. The lowest BCUT2D eigenvalue weighted by molar-refractivity contribution is -0.0372. The van der Waals surface area contributed by atoms with Crippen molar-refractivity contribution in [3.63, 3.8) is 0 Å². The van der Waals surface area contributed by atoms with Gasteiger partial charge in [-0.15, -0.1) is 0 Å². The maximum Gasteiger partial charge on any atom is 0.338 e. The van der Waals surface area contributed by atoms with E-state index in [-0.39, 0.29) is 12.6 Å². The van der Waals surface area contributed by atoms with Crippen LogP contribution < -0.4 is 5.73 Å². The molecule has 0 radical (unpaired) electrons. The van der Waals surface area contributed by atoms with Crippen LogP contribution in [-0.2, 0) is 6.54 Å². The Balaban J connectivity index is 1.34. The number of hydroxylamine groups is 2. The first-order valence-electron chi connectivity index (χ1n) is 11.6. The summed E-state index contributed by atoms with van der Waals surface area (Å²) in [7, 11) is 0. The molecule has 2 heterocycles. The van der Waals surface area contributed by atoms with Gasteiger partial charge in [0.25, 0.3) is 0 Å². The first-order chi connectivity index (χ1) is 17.0. The van der Waals surface area contributed by atoms with E-state index in [0.29, 0.717) is 17.2 Å². The lowest BCUT2D eigenvalue weighted by Gasteiger charge is -2.39. The van der Waals surface area contributed by atoms with Crippen molar-refractivity contribution in [2.24, 2.45) is 5.73 Å². The second-order valence-electron chi connectivity index (χ2n) is 8.46. The molecule has 8 heteroatoms. The first-order valence-corrected chi connectivity index (χ1v) is 12.0. The van der Waals surface area contributed by atoms with E-state index in [0.717, 1.165) is 43.5 Å². The molecule has 0 bridgehead atoms. The molecule has 4 rings (SSSR count). The van der Waals surface area contributed by atoms with Gasteiger partial charge in [0.1, 0.15) is 5.76 Å². The molecule has 182 valence electrons. The number of halogens is 1. The van der Waals surface area contributed by atoms with Crippen LogP contribution in [0.1, 0.15) is 35.1 Å². The molecule has 1 saturated heterocycles. The predicted octanol–water partition coefficient (Wildman–Crippen LogP) is 4.35. The van der Waals surface area contributed by atoms with Gasteiger partial charge in [-0.1, -0.05) is 60.0 Å². The maximum absolute atomic E-state index is 10.8. The van der Waals surface area contributed by atoms with E-state index in [2.05, 4.69) is 58.0 Å². The number of furan rings is 1. The van der Waals surface area contributed by atoms with Crippen LogP contribution in [0.4, 0.5) is 4.79 Å². The molecule has 0 aliphatic carbocycles. The van der Waals surface area contributed by atoms with Gasteiger partial charge in [0.05, 0.1) is 19.1 Å². The third kappa shape index (κ3) is 6.87. The van der Waals surface area contributed by atoms with Crippen LogP contribution in [0.25, 0.3) is 0 Å². The van der Waals surface area contributed by atoms with Gasteiger partial charge in [0, 0.05) is 37.6 Å². The summed E-state index contributed by atoms with van der Waals surface area (Å²) in [4.78, 5) is 15.7. The highest BCUT2D eigenvalue weighted by Gasteiger charge is 2.26. The van der Waals surface area contributed by atoms with Crippen molar-refractivity contribution in [3.8, 4) is 11.8 Å². The number of piperazine rings is 1. The van der Waals surface area contributed by atoms with Crippen LogP contribution in [-0.4, -0.2) is 58.8 Å². The number of carbonyl (C=O) groups excluding carboxylic acids is 1. The first kappa shape index (κ1) is 24.8. The van der Waals surface area contributed by atoms with Gasteiger partial charge in [-0.2, -0.15) is 0 Å². The highest BCUT2D eigenvalue weighted by molar-refractivity contribution is 6.30. The van der Waals surface area contributed by atoms with Crippen molar-refractivity contribution in [2.75, 3.05) is 32.7 Å². The van der Waals surface area contributed by atoms with E-state index in [4.69, 9.17) is 21.8 Å². The number of nitrogens with two attached hydrogens (primary N) is 1. The lowest BCUT2D eigenvalue weighted by Crippen LogP contribution is -2.47. The van der Waals surface area contributed by atoms with Crippen LogP contribution in [0.3, 0.4) is 0 Å². The van der Waals surface area contributed by atoms with Gasteiger partial charge in [-0.3, -0.25) is 15.0 Å². The molecule has 0 saturated carbocycles. The van der Waals surface area contributed by atoms with E-state index < -0.39 is 6.03 Å². The Hall–Kier alpha value is -3.28. The molecule has 0 spiro atoms. The Morgan fingerprint density at radius 3 is 2.40 bits per heavy atom. The highest BCUT2D eigenvalue weighted by Crippen LogP contribution is 2.30. The number of amides is 2. The summed E-state index contributed by atoms with van der Waals surface area (Å²) in [5.41, 5.74) is 7.48. The number of hydrogen-bond acceptors (Lipinski definition) is 5. The van der Waals surface area contributed by atoms with E-state index >= 15 is 0 Å². The molecule has 35 heavy (non-hydrogen) atoms. The van der Waals surface area contributed by atoms with E-state index in [9.17, 15) is 10.0 Å². The van der Waals surface area contributed by atoms with Crippen molar-refractivity contribution >= 4 is 17.6 Å². The van der Waals surface area contributed by atoms with E-state index in [1.807, 2.05) is 30.3 Å². The molecule has 1 aromatic heterocycles. The third-order valence-corrected chi connectivity index (χ3v) is 6.28. The molecule has 1 aliphatic rings. The fraction of sp³-hybridized carbons (Fsp3) is 0.296. The van der Waals surface area contributed by atoms with E-state index in [1.165, 1.54) is 11.1 Å². The van der Waals surface area contributed by atoms with Gasteiger partial charge in [0.2, 0.25) is 0 Å². The number of primary amides is 1. The van der Waals surface area contributed by atoms with Crippen molar-refractivity contribution in [1.29, 1.82) is 0 Å². The summed E-state index contributed by atoms with van der Waals surface area (Å²) in [5, 5.41) is 10.4. The summed E-state index contributed by atoms with van der Waals surface area (Å²) < 4.78 is 5.86. The number of rotatable bonds is 7. The van der Waals surface area contributed by atoms with Crippen LogP contribution in [0.15, 0.2) is 71.1 Å². The Morgan fingerprint density at radius 1 is 1.03 bits per heavy atom. The maximum atomic E-state index is 10.8. The number of hydrogen-bond donors (Lipinski definition) is 2. The molecule has 0 unspecified atom stereocenters. The number of nitrogens with zero attached hydrogens (tertiary/aromatic N) is 3. The summed E-state index contributed by atoms with van der Waals surface area (Å²) in [6.07, 6.45) is 0.299. The molecule has 2 aromatic carbocycles. The predicted molar refractivity (Wildman–Crippen MR) is 135 cm³/mol. The largest absolute Gasteiger partial charge is 0.451 e. The van der Waals surface area contributed by atoms with Gasteiger partial charge in [-0.05, 0) is 41.3 Å². The molecule has 1 fully saturated rings. The van der Waals surface area contributed by atoms with Crippen molar-refractivity contribution in [1.82, 2.24) is 14.9 Å². The summed E-state index contributed by atoms with van der Waals surface area (Å²) in [6.45, 7) is 4.51. The zero-order valence-corrected chi connectivity index (χ0v) is 20.2. The van der Waals surface area contributed by atoms with Gasteiger partial charge >= 0.3 is 6.03 Å². The second kappa shape index (κ2) is 11.9. The van der Waals surface area contributed by atoms with Crippen LogP contribution in [0, 0.1) is 11.8 Å². The molecule has 3 N–H and O–H groups in total. The highest BCUT2D eigenvalue weighted by atomic mass is 35.5. The quantitative estimate of drug-likeness (QED) is 0.291. The topological polar surface area (TPSA) is 86.2 Å². The zero-order chi connectivity index (χ0) is 24.6. The minimum atomic E-state index is -0.893. The smallest absolute Gasteiger partial charge is 0.338 e. The lowest BCUT2D eigenvalue weighted by atomic mass is 9.96. The molecule has 7 nitrogen and oxygen atoms in total. The molecular weight excluding hydrogens is 464 g/mol. The van der Waals surface area contributed by atoms with Crippen LogP contribution in [0.2, 0.25) is 5.02 Å².